The first-order valence-corrected chi connectivity index (χ1v) is 4.74. The molecule has 1 nitrogen and oxygen atoms in total. The molecule has 0 aliphatic rings. The molecule has 0 spiro atoms. The maximum Gasteiger partial charge on any atom is 0.183 e. The Morgan fingerprint density at radius 3 is 3.00 bits per heavy atom. The van der Waals surface area contributed by atoms with Gasteiger partial charge < -0.3 is 0 Å². The lowest BCUT2D eigenvalue weighted by Gasteiger charge is -1.96. The highest BCUT2D eigenvalue weighted by Crippen LogP contribution is 2.06. The summed E-state index contributed by atoms with van der Waals surface area (Å²) in [5, 5.41) is 0. The van der Waals surface area contributed by atoms with Crippen LogP contribution in [0.15, 0.2) is 36.2 Å². The molecular weight excluding hydrogens is 167 g/mol. The van der Waals surface area contributed by atoms with Gasteiger partial charge in [0.15, 0.2) is 8.46 Å². The van der Waals surface area contributed by atoms with Crippen LogP contribution in [0.4, 0.5) is 0 Å². The van der Waals surface area contributed by atoms with Crippen molar-refractivity contribution in [3.8, 4) is 0 Å². The fourth-order valence-corrected chi connectivity index (χ4v) is 1.26. The Morgan fingerprint density at radius 2 is 2.33 bits per heavy atom. The zero-order chi connectivity index (χ0) is 8.81. The fraction of sp³-hybridized carbons (Fsp3) is 0.200. The van der Waals surface area contributed by atoms with E-state index in [-0.39, 0.29) is 8.46 Å². The molecule has 0 fully saturated rings. The van der Waals surface area contributed by atoms with Crippen LogP contribution in [-0.4, -0.2) is 0 Å². The van der Waals surface area contributed by atoms with Gasteiger partial charge in [0.1, 0.15) is 0 Å². The summed E-state index contributed by atoms with van der Waals surface area (Å²) < 4.78 is 10.1. The van der Waals surface area contributed by atoms with Crippen LogP contribution in [0.1, 0.15) is 11.1 Å². The lowest BCUT2D eigenvalue weighted by Crippen LogP contribution is -1.80. The molecule has 0 unspecified atom stereocenters. The number of hydrogen-bond acceptors (Lipinski definition) is 1. The summed E-state index contributed by atoms with van der Waals surface area (Å²) in [6.45, 7) is 2.07. The molecule has 0 atom stereocenters. The van der Waals surface area contributed by atoms with Crippen LogP contribution < -0.4 is 0 Å². The average Bonchev–Trinajstić information content (AvgIpc) is 2.05. The van der Waals surface area contributed by atoms with Gasteiger partial charge in [0.05, 0.1) is 0 Å². The molecule has 1 aromatic rings. The van der Waals surface area contributed by atoms with Crippen molar-refractivity contribution >= 4 is 8.46 Å². The molecule has 1 rings (SSSR count). The number of allylic oxidation sites excluding steroid dienone is 1. The van der Waals surface area contributed by atoms with Crippen LogP contribution in [0.5, 0.6) is 0 Å². The van der Waals surface area contributed by atoms with Crippen LogP contribution in [0.2, 0.25) is 0 Å². The standard InChI is InChI=1S/C10H11OP/c1-9-4-2-5-10(8-9)6-3-7-12-11/h2-5,7-8H,6H2,1H3. The van der Waals surface area contributed by atoms with E-state index in [1.165, 1.54) is 11.1 Å². The van der Waals surface area contributed by atoms with Gasteiger partial charge in [0, 0.05) is 5.82 Å². The summed E-state index contributed by atoms with van der Waals surface area (Å²) in [7, 11) is 0.0854. The fourth-order valence-electron chi connectivity index (χ4n) is 1.07. The lowest BCUT2D eigenvalue weighted by molar-refractivity contribution is 0.602. The predicted octanol–water partition coefficient (Wildman–Crippen LogP) is 3.34. The Kier molecular flexibility index (Phi) is 3.69. The van der Waals surface area contributed by atoms with Crippen LogP contribution in [0.25, 0.3) is 0 Å². The van der Waals surface area contributed by atoms with E-state index in [0.29, 0.717) is 0 Å². The van der Waals surface area contributed by atoms with E-state index in [1.807, 2.05) is 12.1 Å². The zero-order valence-corrected chi connectivity index (χ0v) is 7.92. The quantitative estimate of drug-likeness (QED) is 0.648. The largest absolute Gasteiger partial charge is 0.270 e. The Bertz CT molecular complexity index is 292. The SMILES string of the molecule is Cc1cccc(CC=CP=O)c1. The molecule has 12 heavy (non-hydrogen) atoms. The van der Waals surface area contributed by atoms with Crippen LogP contribution in [-0.2, 0) is 11.0 Å². The molecule has 0 heterocycles. The van der Waals surface area contributed by atoms with Crippen LogP contribution in [0.3, 0.4) is 0 Å². The van der Waals surface area contributed by atoms with Gasteiger partial charge in [-0.05, 0) is 18.9 Å². The van der Waals surface area contributed by atoms with Gasteiger partial charge in [0.2, 0.25) is 0 Å². The Hall–Kier alpha value is -0.940. The highest BCUT2D eigenvalue weighted by atomic mass is 31.1. The first-order valence-electron chi connectivity index (χ1n) is 3.86. The van der Waals surface area contributed by atoms with Gasteiger partial charge in [0.25, 0.3) is 0 Å². The average molecular weight is 178 g/mol. The normalized spacial score (nSPS) is 11.1. The molecule has 0 radical (unpaired) electrons. The maximum absolute atomic E-state index is 10.1. The van der Waals surface area contributed by atoms with E-state index in [9.17, 15) is 4.57 Å². The molecule has 0 aromatic heterocycles. The molecule has 62 valence electrons. The first-order chi connectivity index (χ1) is 5.83. The molecule has 0 aliphatic heterocycles. The molecule has 0 N–H and O–H groups in total. The van der Waals surface area contributed by atoms with Gasteiger partial charge in [-0.3, -0.25) is 4.57 Å². The van der Waals surface area contributed by atoms with Crippen molar-refractivity contribution in [1.82, 2.24) is 0 Å². The molecule has 0 bridgehead atoms. The highest BCUT2D eigenvalue weighted by molar-refractivity contribution is 7.27. The summed E-state index contributed by atoms with van der Waals surface area (Å²) in [5.74, 6) is 1.63. The van der Waals surface area contributed by atoms with E-state index in [4.69, 9.17) is 0 Å². The van der Waals surface area contributed by atoms with Crippen molar-refractivity contribution in [3.05, 3.63) is 47.3 Å². The molecule has 2 heteroatoms. The first kappa shape index (κ1) is 9.15. The van der Waals surface area contributed by atoms with E-state index in [1.54, 1.807) is 5.82 Å². The second-order valence-corrected chi connectivity index (χ2v) is 3.19. The summed E-state index contributed by atoms with van der Waals surface area (Å²) in [5.41, 5.74) is 2.52. The number of aryl methyl sites for hydroxylation is 1. The second kappa shape index (κ2) is 4.84. The van der Waals surface area contributed by atoms with E-state index < -0.39 is 0 Å². The van der Waals surface area contributed by atoms with Crippen molar-refractivity contribution < 1.29 is 4.57 Å². The monoisotopic (exact) mass is 178 g/mol. The van der Waals surface area contributed by atoms with Crippen molar-refractivity contribution in [2.24, 2.45) is 0 Å². The van der Waals surface area contributed by atoms with E-state index in [2.05, 4.69) is 25.1 Å². The van der Waals surface area contributed by atoms with Crippen molar-refractivity contribution in [2.45, 2.75) is 13.3 Å². The number of hydrogen-bond donors (Lipinski definition) is 0. The number of benzene rings is 1. The van der Waals surface area contributed by atoms with Crippen LogP contribution >= 0.6 is 8.46 Å². The topological polar surface area (TPSA) is 17.1 Å². The van der Waals surface area contributed by atoms with E-state index in [0.717, 1.165) is 6.42 Å². The molecule has 1 aromatic carbocycles. The van der Waals surface area contributed by atoms with Crippen molar-refractivity contribution in [3.63, 3.8) is 0 Å². The summed E-state index contributed by atoms with van der Waals surface area (Å²) in [4.78, 5) is 0. The smallest absolute Gasteiger partial charge is 0.183 e. The molecule has 0 amide bonds. The summed E-state index contributed by atoms with van der Waals surface area (Å²) in [6, 6.07) is 8.30. The highest BCUT2D eigenvalue weighted by Gasteiger charge is 1.88. The molecule has 0 saturated heterocycles. The zero-order valence-electron chi connectivity index (χ0n) is 7.03. The Morgan fingerprint density at radius 1 is 1.50 bits per heavy atom. The van der Waals surface area contributed by atoms with Gasteiger partial charge in [-0.25, -0.2) is 0 Å². The minimum atomic E-state index is 0.0854. The Balaban J connectivity index is 2.63. The van der Waals surface area contributed by atoms with Gasteiger partial charge in [-0.1, -0.05) is 35.9 Å². The Labute approximate surface area is 74.3 Å². The van der Waals surface area contributed by atoms with Gasteiger partial charge >= 0.3 is 0 Å². The van der Waals surface area contributed by atoms with Crippen molar-refractivity contribution in [1.29, 1.82) is 0 Å². The molecule has 0 saturated carbocycles. The molecular formula is C10H11OP. The van der Waals surface area contributed by atoms with Crippen LogP contribution in [0, 0.1) is 6.92 Å². The third kappa shape index (κ3) is 2.98. The third-order valence-electron chi connectivity index (χ3n) is 1.60. The third-order valence-corrected chi connectivity index (χ3v) is 1.93. The minimum absolute atomic E-state index is 0.0854. The lowest BCUT2D eigenvalue weighted by atomic mass is 10.1. The number of rotatable bonds is 3. The van der Waals surface area contributed by atoms with Gasteiger partial charge in [-0.2, -0.15) is 0 Å². The molecule has 0 aliphatic carbocycles. The summed E-state index contributed by atoms with van der Waals surface area (Å²) in [6.07, 6.45) is 2.76. The summed E-state index contributed by atoms with van der Waals surface area (Å²) >= 11 is 0. The van der Waals surface area contributed by atoms with Gasteiger partial charge in [-0.15, -0.1) is 0 Å². The second-order valence-electron chi connectivity index (χ2n) is 2.68. The maximum atomic E-state index is 10.1. The van der Waals surface area contributed by atoms with Crippen molar-refractivity contribution in [2.75, 3.05) is 0 Å². The predicted molar refractivity (Wildman–Crippen MR) is 51.6 cm³/mol. The van der Waals surface area contributed by atoms with E-state index >= 15 is 0 Å². The minimum Gasteiger partial charge on any atom is -0.270 e.